The minimum absolute atomic E-state index is 0.0559. The van der Waals surface area contributed by atoms with E-state index >= 15 is 0 Å². The lowest BCUT2D eigenvalue weighted by molar-refractivity contribution is 0.0950. The highest BCUT2D eigenvalue weighted by Gasteiger charge is 2.19. The molecule has 146 valence electrons. The first-order chi connectivity index (χ1) is 13.4. The number of benzene rings is 1. The zero-order valence-corrected chi connectivity index (χ0v) is 16.2. The van der Waals surface area contributed by atoms with E-state index in [0.717, 1.165) is 28.8 Å². The second-order valence-electron chi connectivity index (χ2n) is 8.10. The third-order valence-electron chi connectivity index (χ3n) is 4.42. The average molecular weight is 381 g/mol. The van der Waals surface area contributed by atoms with Crippen LogP contribution in [0.4, 0.5) is 0 Å². The van der Waals surface area contributed by atoms with E-state index in [1.807, 2.05) is 18.2 Å². The van der Waals surface area contributed by atoms with Gasteiger partial charge in [-0.15, -0.1) is 0 Å². The van der Waals surface area contributed by atoms with E-state index in [0.29, 0.717) is 36.8 Å². The summed E-state index contributed by atoms with van der Waals surface area (Å²) in [5.74, 6) is 1.24. The monoisotopic (exact) mass is 381 g/mol. The molecule has 4 rings (SSSR count). The molecule has 1 aromatic carbocycles. The van der Waals surface area contributed by atoms with E-state index in [9.17, 15) is 4.79 Å². The normalized spacial score (nSPS) is 13.5. The van der Waals surface area contributed by atoms with Gasteiger partial charge >= 0.3 is 0 Å². The molecule has 0 spiro atoms. The van der Waals surface area contributed by atoms with Crippen LogP contribution in [0.1, 0.15) is 42.4 Å². The van der Waals surface area contributed by atoms with E-state index < -0.39 is 0 Å². The van der Waals surface area contributed by atoms with Gasteiger partial charge in [-0.1, -0.05) is 32.0 Å². The maximum atomic E-state index is 12.6. The number of rotatable bonds is 4. The number of hydrogen-bond donors (Lipinski definition) is 1. The highest BCUT2D eigenvalue weighted by Crippen LogP contribution is 2.30. The summed E-state index contributed by atoms with van der Waals surface area (Å²) in [7, 11) is 0. The molecular formula is C21H23N3O4. The van der Waals surface area contributed by atoms with Crippen LogP contribution in [0, 0.1) is 5.41 Å². The van der Waals surface area contributed by atoms with E-state index in [2.05, 4.69) is 36.2 Å². The van der Waals surface area contributed by atoms with Gasteiger partial charge in [-0.05, 0) is 35.6 Å². The fourth-order valence-electron chi connectivity index (χ4n) is 3.12. The van der Waals surface area contributed by atoms with Crippen molar-refractivity contribution in [3.8, 4) is 11.5 Å². The predicted molar refractivity (Wildman–Crippen MR) is 104 cm³/mol. The van der Waals surface area contributed by atoms with Crippen LogP contribution in [-0.2, 0) is 13.0 Å². The quantitative estimate of drug-likeness (QED) is 0.744. The van der Waals surface area contributed by atoms with E-state index in [4.69, 9.17) is 14.0 Å². The number of aromatic nitrogens is 2. The van der Waals surface area contributed by atoms with E-state index in [1.54, 1.807) is 6.07 Å². The maximum Gasteiger partial charge on any atom is 0.257 e. The molecule has 1 N–H and O–H groups in total. The van der Waals surface area contributed by atoms with Crippen molar-refractivity contribution in [2.24, 2.45) is 5.41 Å². The zero-order chi connectivity index (χ0) is 19.7. The Morgan fingerprint density at radius 2 is 1.93 bits per heavy atom. The highest BCUT2D eigenvalue weighted by molar-refractivity contribution is 5.97. The minimum atomic E-state index is -0.202. The predicted octanol–water partition coefficient (Wildman–Crippen LogP) is 3.51. The minimum Gasteiger partial charge on any atom is -0.486 e. The molecule has 0 saturated carbocycles. The van der Waals surface area contributed by atoms with Crippen molar-refractivity contribution >= 4 is 17.0 Å². The molecule has 3 aromatic rings. The van der Waals surface area contributed by atoms with Crippen molar-refractivity contribution < 1.29 is 18.8 Å². The molecule has 1 amide bonds. The van der Waals surface area contributed by atoms with Crippen LogP contribution in [0.15, 0.2) is 35.0 Å². The molecule has 0 aliphatic carbocycles. The zero-order valence-electron chi connectivity index (χ0n) is 16.2. The Hall–Kier alpha value is -3.09. The smallest absolute Gasteiger partial charge is 0.257 e. The number of nitrogens with one attached hydrogen (secondary N) is 1. The molecule has 1 aliphatic heterocycles. The van der Waals surface area contributed by atoms with Crippen LogP contribution in [-0.4, -0.2) is 29.3 Å². The van der Waals surface area contributed by atoms with E-state index in [1.165, 1.54) is 6.20 Å². The molecule has 0 fully saturated rings. The lowest BCUT2D eigenvalue weighted by Gasteiger charge is -2.19. The van der Waals surface area contributed by atoms with Gasteiger partial charge in [0, 0.05) is 12.7 Å². The number of fused-ring (bicyclic) bond motifs is 2. The van der Waals surface area contributed by atoms with Crippen LogP contribution in [0.2, 0.25) is 0 Å². The molecule has 0 bridgehead atoms. The summed E-state index contributed by atoms with van der Waals surface area (Å²) in [5.41, 5.74) is 2.73. The van der Waals surface area contributed by atoms with Crippen LogP contribution >= 0.6 is 0 Å². The van der Waals surface area contributed by atoms with Gasteiger partial charge in [0.15, 0.2) is 11.5 Å². The van der Waals surface area contributed by atoms with Crippen molar-refractivity contribution in [1.82, 2.24) is 15.5 Å². The van der Waals surface area contributed by atoms with Gasteiger partial charge in [0.2, 0.25) is 0 Å². The summed E-state index contributed by atoms with van der Waals surface area (Å²) >= 11 is 0. The maximum absolute atomic E-state index is 12.6. The molecular weight excluding hydrogens is 358 g/mol. The third-order valence-corrected chi connectivity index (χ3v) is 4.42. The van der Waals surface area contributed by atoms with Crippen molar-refractivity contribution in [3.63, 3.8) is 0 Å². The molecule has 0 unspecified atom stereocenters. The first-order valence-electron chi connectivity index (χ1n) is 9.30. The third kappa shape index (κ3) is 3.93. The summed E-state index contributed by atoms with van der Waals surface area (Å²) < 4.78 is 16.4. The van der Waals surface area contributed by atoms with Gasteiger partial charge in [0.25, 0.3) is 11.6 Å². The Morgan fingerprint density at radius 1 is 1.14 bits per heavy atom. The van der Waals surface area contributed by atoms with Gasteiger partial charge in [0.1, 0.15) is 13.2 Å². The van der Waals surface area contributed by atoms with Gasteiger partial charge in [0.05, 0.1) is 16.6 Å². The number of carbonyl (C=O) groups excluding carboxylic acids is 1. The van der Waals surface area contributed by atoms with Crippen LogP contribution in [0.3, 0.4) is 0 Å². The standard InChI is InChI=1S/C21H23N3O4/c1-21(2,3)10-16-15-9-14(12-23-20(15)28-24-16)19(25)22-11-13-4-5-17-18(8-13)27-7-6-26-17/h4-5,8-9,12H,6-7,10-11H2,1-3H3,(H,22,25). The molecule has 1 aliphatic rings. The Morgan fingerprint density at radius 3 is 2.71 bits per heavy atom. The summed E-state index contributed by atoms with van der Waals surface area (Å²) in [4.78, 5) is 16.8. The second kappa shape index (κ2) is 7.14. The first-order valence-corrected chi connectivity index (χ1v) is 9.30. The molecule has 7 heteroatoms. The largest absolute Gasteiger partial charge is 0.486 e. The number of ether oxygens (including phenoxy) is 2. The fourth-order valence-corrected chi connectivity index (χ4v) is 3.12. The van der Waals surface area contributed by atoms with Crippen molar-refractivity contribution in [3.05, 3.63) is 47.3 Å². The van der Waals surface area contributed by atoms with Crippen LogP contribution in [0.25, 0.3) is 11.1 Å². The first kappa shape index (κ1) is 18.3. The molecule has 2 aromatic heterocycles. The van der Waals surface area contributed by atoms with Crippen LogP contribution in [0.5, 0.6) is 11.5 Å². The fraction of sp³-hybridized carbons (Fsp3) is 0.381. The molecule has 3 heterocycles. The van der Waals surface area contributed by atoms with Gasteiger partial charge in [-0.2, -0.15) is 0 Å². The summed E-state index contributed by atoms with van der Waals surface area (Å²) in [6.45, 7) is 7.86. The molecule has 7 nitrogen and oxygen atoms in total. The van der Waals surface area contributed by atoms with Gasteiger partial charge < -0.3 is 19.3 Å². The number of nitrogens with zero attached hydrogens (tertiary/aromatic N) is 2. The number of hydrogen-bond acceptors (Lipinski definition) is 6. The van der Waals surface area contributed by atoms with Crippen LogP contribution < -0.4 is 14.8 Å². The molecule has 0 radical (unpaired) electrons. The Bertz CT molecular complexity index is 1020. The number of amides is 1. The van der Waals surface area contributed by atoms with E-state index in [-0.39, 0.29) is 11.3 Å². The lowest BCUT2D eigenvalue weighted by Crippen LogP contribution is -2.23. The Balaban J connectivity index is 1.48. The Kier molecular flexibility index (Phi) is 4.66. The van der Waals surface area contributed by atoms with Crippen molar-refractivity contribution in [1.29, 1.82) is 0 Å². The molecule has 0 saturated heterocycles. The van der Waals surface area contributed by atoms with Gasteiger partial charge in [-0.25, -0.2) is 4.98 Å². The summed E-state index contributed by atoms with van der Waals surface area (Å²) in [6, 6.07) is 7.45. The topological polar surface area (TPSA) is 86.5 Å². The Labute approximate surface area is 163 Å². The number of pyridine rings is 1. The average Bonchev–Trinajstić information content (AvgIpc) is 3.06. The molecule has 0 atom stereocenters. The SMILES string of the molecule is CC(C)(C)Cc1noc2ncc(C(=O)NCc3ccc4c(c3)OCCO4)cc12. The highest BCUT2D eigenvalue weighted by atomic mass is 16.6. The van der Waals surface area contributed by atoms with Gasteiger partial charge in [-0.3, -0.25) is 4.79 Å². The van der Waals surface area contributed by atoms with Crippen molar-refractivity contribution in [2.75, 3.05) is 13.2 Å². The lowest BCUT2D eigenvalue weighted by atomic mass is 9.90. The molecule has 28 heavy (non-hydrogen) atoms. The second-order valence-corrected chi connectivity index (χ2v) is 8.10. The summed E-state index contributed by atoms with van der Waals surface area (Å²) in [5, 5.41) is 7.82. The van der Waals surface area contributed by atoms with Crippen molar-refractivity contribution in [2.45, 2.75) is 33.7 Å². The number of carbonyl (C=O) groups is 1. The summed E-state index contributed by atoms with van der Waals surface area (Å²) in [6.07, 6.45) is 2.25.